The van der Waals surface area contributed by atoms with Crippen molar-refractivity contribution in [3.63, 3.8) is 0 Å². The fraction of sp³-hybridized carbons (Fsp3) is 0.0769. The Labute approximate surface area is 135 Å². The van der Waals surface area contributed by atoms with Gasteiger partial charge in [0, 0.05) is 17.0 Å². The Morgan fingerprint density at radius 1 is 1.05 bits per heavy atom. The molecule has 0 saturated heterocycles. The molecule has 2 heterocycles. The maximum atomic E-state index is 5.88. The van der Waals surface area contributed by atoms with E-state index in [0.717, 1.165) is 11.3 Å². The lowest BCUT2D eigenvalue weighted by molar-refractivity contribution is 0.756. The van der Waals surface area contributed by atoms with Crippen LogP contribution in [-0.4, -0.2) is 25.2 Å². The highest BCUT2D eigenvalue weighted by Crippen LogP contribution is 2.23. The molecule has 0 aliphatic rings. The lowest BCUT2D eigenvalue weighted by atomic mass is 10.3. The largest absolute Gasteiger partial charge is 0.244 e. The van der Waals surface area contributed by atoms with Gasteiger partial charge in [-0.1, -0.05) is 41.0 Å². The highest BCUT2D eigenvalue weighted by atomic mass is 35.5. The van der Waals surface area contributed by atoms with Crippen molar-refractivity contribution in [2.45, 2.75) is 10.9 Å². The Balaban J connectivity index is 1.76. The van der Waals surface area contributed by atoms with Gasteiger partial charge in [0.25, 0.3) is 0 Å². The maximum Gasteiger partial charge on any atom is 0.214 e. The number of nitrogens with zero attached hydrogens (tertiary/aromatic N) is 5. The Bertz CT molecular complexity index is 727. The van der Waals surface area contributed by atoms with E-state index < -0.39 is 0 Å². The van der Waals surface area contributed by atoms with Gasteiger partial charge in [-0.25, -0.2) is 4.98 Å². The van der Waals surface area contributed by atoms with Gasteiger partial charge in [0.1, 0.15) is 5.15 Å². The van der Waals surface area contributed by atoms with E-state index in [-0.39, 0.29) is 0 Å². The van der Waals surface area contributed by atoms with Crippen LogP contribution < -0.4 is 0 Å². The average molecular weight is 338 g/mol. The van der Waals surface area contributed by atoms with E-state index in [9.17, 15) is 0 Å². The molecule has 0 spiro atoms. The van der Waals surface area contributed by atoms with E-state index in [1.165, 1.54) is 11.8 Å². The normalized spacial score (nSPS) is 10.8. The number of rotatable bonds is 4. The summed E-state index contributed by atoms with van der Waals surface area (Å²) in [5.41, 5.74) is 1.91. The number of thioether (sulfide) groups is 1. The minimum atomic E-state index is 0.481. The van der Waals surface area contributed by atoms with Crippen LogP contribution in [-0.2, 0) is 5.75 Å². The summed E-state index contributed by atoms with van der Waals surface area (Å²) in [4.78, 5) is 4.05. The van der Waals surface area contributed by atoms with Crippen LogP contribution >= 0.6 is 35.0 Å². The molecule has 3 aromatic rings. The van der Waals surface area contributed by atoms with Gasteiger partial charge >= 0.3 is 0 Å². The van der Waals surface area contributed by atoms with Crippen LogP contribution in [0.2, 0.25) is 10.2 Å². The van der Waals surface area contributed by atoms with Crippen LogP contribution in [0.5, 0.6) is 0 Å². The number of pyridine rings is 1. The molecule has 8 heteroatoms. The number of aromatic nitrogens is 5. The quantitative estimate of drug-likeness (QED) is 0.537. The summed E-state index contributed by atoms with van der Waals surface area (Å²) in [7, 11) is 0. The number of hydrogen-bond acceptors (Lipinski definition) is 5. The number of tetrazole rings is 1. The topological polar surface area (TPSA) is 56.5 Å². The zero-order valence-electron chi connectivity index (χ0n) is 10.6. The molecular formula is C13H9Cl2N5S. The zero-order valence-corrected chi connectivity index (χ0v) is 13.0. The Hall–Kier alpha value is -1.63. The van der Waals surface area contributed by atoms with Crippen molar-refractivity contribution in [2.75, 3.05) is 0 Å². The van der Waals surface area contributed by atoms with Gasteiger partial charge in [0.15, 0.2) is 0 Å². The third-order valence-corrected chi connectivity index (χ3v) is 4.13. The second-order valence-electron chi connectivity index (χ2n) is 4.13. The molecule has 0 N–H and O–H groups in total. The Morgan fingerprint density at radius 3 is 2.57 bits per heavy atom. The molecular weight excluding hydrogens is 329 g/mol. The van der Waals surface area contributed by atoms with Gasteiger partial charge in [0.05, 0.1) is 5.69 Å². The zero-order chi connectivity index (χ0) is 14.7. The molecule has 5 nitrogen and oxygen atoms in total. The SMILES string of the molecule is Clc1ccc(-n2nnnc2SCc2ccc(Cl)nc2)cc1. The van der Waals surface area contributed by atoms with E-state index >= 15 is 0 Å². The van der Waals surface area contributed by atoms with E-state index in [1.807, 2.05) is 18.2 Å². The predicted molar refractivity (Wildman–Crippen MR) is 83.0 cm³/mol. The van der Waals surface area contributed by atoms with Gasteiger partial charge < -0.3 is 0 Å². The molecule has 0 bridgehead atoms. The monoisotopic (exact) mass is 337 g/mol. The molecule has 0 aliphatic heterocycles. The first-order valence-electron chi connectivity index (χ1n) is 6.00. The van der Waals surface area contributed by atoms with Crippen molar-refractivity contribution in [3.05, 3.63) is 58.3 Å². The van der Waals surface area contributed by atoms with Crippen molar-refractivity contribution in [3.8, 4) is 5.69 Å². The smallest absolute Gasteiger partial charge is 0.214 e. The van der Waals surface area contributed by atoms with Crippen molar-refractivity contribution in [2.24, 2.45) is 0 Å². The first kappa shape index (κ1) is 14.3. The van der Waals surface area contributed by atoms with Crippen molar-refractivity contribution in [1.29, 1.82) is 0 Å². The number of benzene rings is 1. The first-order valence-corrected chi connectivity index (χ1v) is 7.74. The molecule has 1 aromatic carbocycles. The molecule has 0 fully saturated rings. The summed E-state index contributed by atoms with van der Waals surface area (Å²) in [6.07, 6.45) is 1.74. The van der Waals surface area contributed by atoms with Crippen LogP contribution in [0, 0.1) is 0 Å². The van der Waals surface area contributed by atoms with Crippen molar-refractivity contribution >= 4 is 35.0 Å². The van der Waals surface area contributed by atoms with Gasteiger partial charge in [-0.2, -0.15) is 4.68 Å². The van der Waals surface area contributed by atoms with E-state index in [2.05, 4.69) is 20.5 Å². The molecule has 106 valence electrons. The maximum absolute atomic E-state index is 5.88. The van der Waals surface area contributed by atoms with Crippen LogP contribution in [0.25, 0.3) is 5.69 Å². The van der Waals surface area contributed by atoms with Gasteiger partial charge in [-0.05, 0) is 46.3 Å². The minimum absolute atomic E-state index is 0.481. The minimum Gasteiger partial charge on any atom is -0.244 e. The number of hydrogen-bond donors (Lipinski definition) is 0. The predicted octanol–water partition coefficient (Wildman–Crippen LogP) is 3.66. The van der Waals surface area contributed by atoms with Gasteiger partial charge in [-0.3, -0.25) is 0 Å². The molecule has 3 rings (SSSR count). The van der Waals surface area contributed by atoms with Gasteiger partial charge in [-0.15, -0.1) is 5.10 Å². The molecule has 0 atom stereocenters. The van der Waals surface area contributed by atoms with Gasteiger partial charge in [0.2, 0.25) is 5.16 Å². The molecule has 0 radical (unpaired) electrons. The van der Waals surface area contributed by atoms with E-state index in [1.54, 1.807) is 29.1 Å². The highest BCUT2D eigenvalue weighted by Gasteiger charge is 2.09. The van der Waals surface area contributed by atoms with Crippen LogP contribution in [0.4, 0.5) is 0 Å². The van der Waals surface area contributed by atoms with Crippen LogP contribution in [0.3, 0.4) is 0 Å². The van der Waals surface area contributed by atoms with Crippen molar-refractivity contribution in [1.82, 2.24) is 25.2 Å². The second-order valence-corrected chi connectivity index (χ2v) is 5.89. The standard InChI is InChI=1S/C13H9Cl2N5S/c14-10-2-4-11(5-3-10)20-13(17-18-19-20)21-8-9-1-6-12(15)16-7-9/h1-7H,8H2. The Morgan fingerprint density at radius 2 is 1.86 bits per heavy atom. The molecule has 2 aromatic heterocycles. The van der Waals surface area contributed by atoms with Crippen LogP contribution in [0.15, 0.2) is 47.8 Å². The lowest BCUT2D eigenvalue weighted by Gasteiger charge is -2.04. The molecule has 0 amide bonds. The number of halogens is 2. The van der Waals surface area contributed by atoms with E-state index in [4.69, 9.17) is 23.2 Å². The summed E-state index contributed by atoms with van der Waals surface area (Å²) in [6, 6.07) is 11.0. The summed E-state index contributed by atoms with van der Waals surface area (Å²) >= 11 is 13.2. The van der Waals surface area contributed by atoms with Crippen LogP contribution in [0.1, 0.15) is 5.56 Å². The fourth-order valence-corrected chi connectivity index (χ4v) is 2.72. The summed E-state index contributed by atoms with van der Waals surface area (Å²) in [6.45, 7) is 0. The fourth-order valence-electron chi connectivity index (χ4n) is 1.65. The average Bonchev–Trinajstić information content (AvgIpc) is 2.96. The third-order valence-electron chi connectivity index (χ3n) is 2.67. The second kappa shape index (κ2) is 6.43. The summed E-state index contributed by atoms with van der Waals surface area (Å²) < 4.78 is 1.67. The third kappa shape index (κ3) is 3.53. The highest BCUT2D eigenvalue weighted by molar-refractivity contribution is 7.98. The van der Waals surface area contributed by atoms with E-state index in [0.29, 0.717) is 21.1 Å². The van der Waals surface area contributed by atoms with Crippen molar-refractivity contribution < 1.29 is 0 Å². The summed E-state index contributed by atoms with van der Waals surface area (Å²) in [5, 5.41) is 13.6. The molecule has 21 heavy (non-hydrogen) atoms. The summed E-state index contributed by atoms with van der Waals surface area (Å²) in [5.74, 6) is 0.706. The molecule has 0 unspecified atom stereocenters. The molecule has 0 aliphatic carbocycles. The Kier molecular flexibility index (Phi) is 4.38. The first-order chi connectivity index (χ1) is 10.2. The lowest BCUT2D eigenvalue weighted by Crippen LogP contribution is -1.98. The molecule has 0 saturated carbocycles.